The van der Waals surface area contributed by atoms with Crippen molar-refractivity contribution in [3.05, 3.63) is 39.9 Å². The van der Waals surface area contributed by atoms with Crippen molar-refractivity contribution >= 4 is 11.3 Å². The Kier molecular flexibility index (Phi) is 3.53. The predicted octanol–water partition coefficient (Wildman–Crippen LogP) is 2.59. The molecule has 0 aliphatic carbocycles. The molecule has 0 saturated heterocycles. The Morgan fingerprint density at radius 3 is 3.07 bits per heavy atom. The largest absolute Gasteiger partial charge is 0.360 e. The summed E-state index contributed by atoms with van der Waals surface area (Å²) in [5, 5.41) is 9.34. The standard InChI is InChI=1S/C11H14N2OS/c1-2-9-6-10(14-13-9)7-12-8-11-4-3-5-15-11/h3-6,12H,2,7-8H2,1H3. The van der Waals surface area contributed by atoms with E-state index in [9.17, 15) is 0 Å². The molecule has 0 amide bonds. The first-order chi connectivity index (χ1) is 7.38. The van der Waals surface area contributed by atoms with E-state index in [1.165, 1.54) is 4.88 Å². The summed E-state index contributed by atoms with van der Waals surface area (Å²) in [5.41, 5.74) is 1.02. The topological polar surface area (TPSA) is 38.1 Å². The molecule has 2 heterocycles. The molecule has 0 spiro atoms. The minimum Gasteiger partial charge on any atom is -0.360 e. The molecule has 2 aromatic rings. The van der Waals surface area contributed by atoms with Gasteiger partial charge in [-0.3, -0.25) is 0 Å². The Labute approximate surface area is 93.1 Å². The molecule has 0 radical (unpaired) electrons. The highest BCUT2D eigenvalue weighted by molar-refractivity contribution is 7.09. The van der Waals surface area contributed by atoms with Crippen LogP contribution in [0.25, 0.3) is 0 Å². The third kappa shape index (κ3) is 2.91. The maximum Gasteiger partial charge on any atom is 0.150 e. The van der Waals surface area contributed by atoms with Crippen LogP contribution >= 0.6 is 11.3 Å². The van der Waals surface area contributed by atoms with E-state index in [0.29, 0.717) is 0 Å². The number of hydrogen-bond acceptors (Lipinski definition) is 4. The van der Waals surface area contributed by atoms with Crippen molar-refractivity contribution in [1.82, 2.24) is 10.5 Å². The van der Waals surface area contributed by atoms with E-state index in [-0.39, 0.29) is 0 Å². The van der Waals surface area contributed by atoms with Crippen molar-refractivity contribution in [2.75, 3.05) is 0 Å². The molecule has 3 nitrogen and oxygen atoms in total. The lowest BCUT2D eigenvalue weighted by molar-refractivity contribution is 0.368. The Balaban J connectivity index is 1.78. The molecule has 0 unspecified atom stereocenters. The first-order valence-electron chi connectivity index (χ1n) is 5.06. The van der Waals surface area contributed by atoms with E-state index < -0.39 is 0 Å². The zero-order chi connectivity index (χ0) is 10.5. The van der Waals surface area contributed by atoms with Gasteiger partial charge in [-0.05, 0) is 17.9 Å². The molecule has 0 atom stereocenters. The molecule has 0 saturated carbocycles. The van der Waals surface area contributed by atoms with Crippen LogP contribution in [0.5, 0.6) is 0 Å². The second-order valence-corrected chi connectivity index (χ2v) is 4.35. The van der Waals surface area contributed by atoms with Gasteiger partial charge in [0.25, 0.3) is 0 Å². The SMILES string of the molecule is CCc1cc(CNCc2cccs2)on1. The van der Waals surface area contributed by atoms with Gasteiger partial charge in [0.05, 0.1) is 12.2 Å². The van der Waals surface area contributed by atoms with Crippen molar-refractivity contribution in [2.24, 2.45) is 0 Å². The first-order valence-corrected chi connectivity index (χ1v) is 5.94. The molecule has 0 aliphatic heterocycles. The number of hydrogen-bond donors (Lipinski definition) is 1. The molecular weight excluding hydrogens is 208 g/mol. The van der Waals surface area contributed by atoms with Crippen molar-refractivity contribution in [1.29, 1.82) is 0 Å². The van der Waals surface area contributed by atoms with Gasteiger partial charge in [0, 0.05) is 17.5 Å². The van der Waals surface area contributed by atoms with Gasteiger partial charge in [-0.2, -0.15) is 0 Å². The van der Waals surface area contributed by atoms with E-state index in [0.717, 1.165) is 31.0 Å². The Hall–Kier alpha value is -1.13. The van der Waals surface area contributed by atoms with Gasteiger partial charge in [0.2, 0.25) is 0 Å². The third-order valence-electron chi connectivity index (χ3n) is 2.15. The molecule has 80 valence electrons. The summed E-state index contributed by atoms with van der Waals surface area (Å²) in [4.78, 5) is 1.34. The molecule has 0 bridgehead atoms. The van der Waals surface area contributed by atoms with Crippen molar-refractivity contribution in [3.63, 3.8) is 0 Å². The predicted molar refractivity (Wildman–Crippen MR) is 60.7 cm³/mol. The lowest BCUT2D eigenvalue weighted by atomic mass is 10.3. The summed E-state index contributed by atoms with van der Waals surface area (Å²) in [7, 11) is 0. The second-order valence-electron chi connectivity index (χ2n) is 3.32. The molecule has 2 aromatic heterocycles. The lowest BCUT2D eigenvalue weighted by Gasteiger charge is -1.98. The van der Waals surface area contributed by atoms with E-state index in [1.807, 2.05) is 6.07 Å². The van der Waals surface area contributed by atoms with Gasteiger partial charge < -0.3 is 9.84 Å². The van der Waals surface area contributed by atoms with Crippen LogP contribution in [0.1, 0.15) is 23.3 Å². The van der Waals surface area contributed by atoms with Crippen LogP contribution in [0, 0.1) is 0 Å². The van der Waals surface area contributed by atoms with Crippen LogP contribution in [0.3, 0.4) is 0 Å². The highest BCUT2D eigenvalue weighted by Crippen LogP contribution is 2.08. The van der Waals surface area contributed by atoms with E-state index >= 15 is 0 Å². The zero-order valence-electron chi connectivity index (χ0n) is 8.69. The maximum atomic E-state index is 5.17. The highest BCUT2D eigenvalue weighted by atomic mass is 32.1. The summed E-state index contributed by atoms with van der Waals surface area (Å²) in [6.07, 6.45) is 0.925. The first kappa shape index (κ1) is 10.4. The average Bonchev–Trinajstić information content (AvgIpc) is 2.88. The van der Waals surface area contributed by atoms with Gasteiger partial charge in [-0.15, -0.1) is 11.3 Å². The monoisotopic (exact) mass is 222 g/mol. The van der Waals surface area contributed by atoms with Gasteiger partial charge in [-0.25, -0.2) is 0 Å². The molecule has 0 aromatic carbocycles. The molecule has 0 fully saturated rings. The van der Waals surface area contributed by atoms with Gasteiger partial charge in [0.15, 0.2) is 5.76 Å². The highest BCUT2D eigenvalue weighted by Gasteiger charge is 2.01. The van der Waals surface area contributed by atoms with Crippen LogP contribution in [-0.2, 0) is 19.5 Å². The van der Waals surface area contributed by atoms with Crippen molar-refractivity contribution in [3.8, 4) is 0 Å². The number of thiophene rings is 1. The summed E-state index contributed by atoms with van der Waals surface area (Å²) >= 11 is 1.76. The Bertz CT molecular complexity index is 394. The minimum atomic E-state index is 0.741. The van der Waals surface area contributed by atoms with E-state index in [2.05, 4.69) is 34.9 Å². The van der Waals surface area contributed by atoms with Crippen molar-refractivity contribution < 1.29 is 4.52 Å². The molecule has 0 aliphatic rings. The van der Waals surface area contributed by atoms with Crippen LogP contribution in [0.15, 0.2) is 28.1 Å². The van der Waals surface area contributed by atoms with E-state index in [1.54, 1.807) is 11.3 Å². The summed E-state index contributed by atoms with van der Waals surface area (Å²) in [6.45, 7) is 3.70. The fourth-order valence-electron chi connectivity index (χ4n) is 1.33. The minimum absolute atomic E-state index is 0.741. The number of nitrogens with one attached hydrogen (secondary N) is 1. The summed E-state index contributed by atoms with van der Waals surface area (Å²) < 4.78 is 5.17. The Morgan fingerprint density at radius 1 is 1.47 bits per heavy atom. The fourth-order valence-corrected chi connectivity index (χ4v) is 2.00. The van der Waals surface area contributed by atoms with Gasteiger partial charge >= 0.3 is 0 Å². The quantitative estimate of drug-likeness (QED) is 0.845. The molecule has 2 rings (SSSR count). The fraction of sp³-hybridized carbons (Fsp3) is 0.364. The second kappa shape index (κ2) is 5.09. The summed E-state index contributed by atoms with van der Waals surface area (Å²) in [6, 6.07) is 6.18. The van der Waals surface area contributed by atoms with Crippen LogP contribution in [0.2, 0.25) is 0 Å². The van der Waals surface area contributed by atoms with Crippen LogP contribution in [0.4, 0.5) is 0 Å². The average molecular weight is 222 g/mol. The number of nitrogens with zero attached hydrogens (tertiary/aromatic N) is 1. The van der Waals surface area contributed by atoms with Crippen LogP contribution in [-0.4, -0.2) is 5.16 Å². The Morgan fingerprint density at radius 2 is 2.40 bits per heavy atom. The smallest absolute Gasteiger partial charge is 0.150 e. The van der Waals surface area contributed by atoms with Gasteiger partial charge in [0.1, 0.15) is 0 Å². The zero-order valence-corrected chi connectivity index (χ0v) is 9.51. The number of aromatic nitrogens is 1. The molecule has 15 heavy (non-hydrogen) atoms. The van der Waals surface area contributed by atoms with Gasteiger partial charge in [-0.1, -0.05) is 18.1 Å². The van der Waals surface area contributed by atoms with Crippen molar-refractivity contribution in [2.45, 2.75) is 26.4 Å². The number of rotatable bonds is 5. The molecule has 1 N–H and O–H groups in total. The summed E-state index contributed by atoms with van der Waals surface area (Å²) in [5.74, 6) is 0.906. The third-order valence-corrected chi connectivity index (χ3v) is 3.02. The van der Waals surface area contributed by atoms with E-state index in [4.69, 9.17) is 4.52 Å². The normalized spacial score (nSPS) is 10.7. The molecule has 4 heteroatoms. The maximum absolute atomic E-state index is 5.17. The lowest BCUT2D eigenvalue weighted by Crippen LogP contribution is -2.10. The number of aryl methyl sites for hydroxylation is 1. The molecular formula is C11H14N2OS. The van der Waals surface area contributed by atoms with Crippen LogP contribution < -0.4 is 5.32 Å².